The largest absolute Gasteiger partial charge is 0.393 e. The molecule has 1 aliphatic heterocycles. The molecule has 1 saturated heterocycles. The Kier molecular flexibility index (Phi) is 6.57. The molecule has 5 heteroatoms. The number of thiocarbonyl (C=S) groups is 1. The third kappa shape index (κ3) is 4.90. The van der Waals surface area contributed by atoms with Gasteiger partial charge in [0.15, 0.2) is 0 Å². The first-order valence-corrected chi connectivity index (χ1v) is 7.27. The topological polar surface area (TPSA) is 58.4 Å². The Bertz CT molecular complexity index is 290. The number of rotatable bonds is 7. The summed E-state index contributed by atoms with van der Waals surface area (Å²) in [5.41, 5.74) is 5.62. The van der Waals surface area contributed by atoms with Crippen LogP contribution in [0.2, 0.25) is 0 Å². The third-order valence-electron chi connectivity index (χ3n) is 3.36. The Hall–Kier alpha value is -0.680. The Morgan fingerprint density at radius 1 is 1.44 bits per heavy atom. The number of amides is 1. The van der Waals surface area contributed by atoms with Gasteiger partial charge in [-0.3, -0.25) is 4.79 Å². The monoisotopic (exact) mass is 271 g/mol. The molecule has 0 aromatic heterocycles. The smallest absolute Gasteiger partial charge is 0.230 e. The molecular weight excluding hydrogens is 246 g/mol. The van der Waals surface area contributed by atoms with Gasteiger partial charge in [-0.1, -0.05) is 25.6 Å². The Balaban J connectivity index is 2.38. The van der Waals surface area contributed by atoms with Gasteiger partial charge < -0.3 is 16.0 Å². The summed E-state index contributed by atoms with van der Waals surface area (Å²) in [6.45, 7) is 7.29. The zero-order valence-corrected chi connectivity index (χ0v) is 12.3. The fourth-order valence-corrected chi connectivity index (χ4v) is 2.66. The average molecular weight is 271 g/mol. The van der Waals surface area contributed by atoms with Crippen LogP contribution >= 0.6 is 12.2 Å². The van der Waals surface area contributed by atoms with Crippen molar-refractivity contribution in [3.8, 4) is 0 Å². The maximum absolute atomic E-state index is 12.1. The van der Waals surface area contributed by atoms with Gasteiger partial charge in [-0.05, 0) is 39.3 Å². The molecule has 2 unspecified atom stereocenters. The molecule has 0 radical (unpaired) electrons. The number of carbonyl (C=O) groups excluding carboxylic acids is 1. The molecule has 18 heavy (non-hydrogen) atoms. The van der Waals surface area contributed by atoms with Gasteiger partial charge in [-0.25, -0.2) is 0 Å². The molecular formula is C13H25N3OS. The van der Waals surface area contributed by atoms with E-state index in [0.29, 0.717) is 4.99 Å². The van der Waals surface area contributed by atoms with E-state index in [0.717, 1.165) is 32.5 Å². The van der Waals surface area contributed by atoms with Crippen LogP contribution in [0.3, 0.4) is 0 Å². The summed E-state index contributed by atoms with van der Waals surface area (Å²) in [5, 5.41) is 3.02. The number of hydrogen-bond donors (Lipinski definition) is 2. The minimum Gasteiger partial charge on any atom is -0.393 e. The molecule has 3 N–H and O–H groups in total. The maximum atomic E-state index is 12.1. The zero-order valence-electron chi connectivity index (χ0n) is 11.4. The SMILES string of the molecule is CCCC(C(=O)NC(C)CN1CCCC1)C(N)=S. The van der Waals surface area contributed by atoms with E-state index in [1.54, 1.807) is 0 Å². The number of nitrogens with two attached hydrogens (primary N) is 1. The van der Waals surface area contributed by atoms with Gasteiger partial charge in [0.05, 0.1) is 10.9 Å². The van der Waals surface area contributed by atoms with Crippen LogP contribution in [0.25, 0.3) is 0 Å². The summed E-state index contributed by atoms with van der Waals surface area (Å²) in [7, 11) is 0. The number of likely N-dealkylation sites (tertiary alicyclic amines) is 1. The maximum Gasteiger partial charge on any atom is 0.230 e. The summed E-state index contributed by atoms with van der Waals surface area (Å²) >= 11 is 4.96. The van der Waals surface area contributed by atoms with Gasteiger partial charge in [-0.15, -0.1) is 0 Å². The zero-order chi connectivity index (χ0) is 13.5. The molecule has 1 aliphatic rings. The van der Waals surface area contributed by atoms with Crippen molar-refractivity contribution in [3.05, 3.63) is 0 Å². The normalized spacial score (nSPS) is 19.4. The fourth-order valence-electron chi connectivity index (χ4n) is 2.43. The summed E-state index contributed by atoms with van der Waals surface area (Å²) in [5.74, 6) is -0.331. The van der Waals surface area contributed by atoms with Crippen molar-refractivity contribution in [1.29, 1.82) is 0 Å². The van der Waals surface area contributed by atoms with Crippen LogP contribution in [0.1, 0.15) is 39.5 Å². The molecule has 1 amide bonds. The predicted octanol–water partition coefficient (Wildman–Crippen LogP) is 1.29. The number of hydrogen-bond acceptors (Lipinski definition) is 3. The van der Waals surface area contributed by atoms with Crippen LogP contribution in [-0.4, -0.2) is 41.5 Å². The van der Waals surface area contributed by atoms with E-state index in [4.69, 9.17) is 18.0 Å². The second kappa shape index (κ2) is 7.69. The lowest BCUT2D eigenvalue weighted by atomic mass is 10.0. The van der Waals surface area contributed by atoms with E-state index < -0.39 is 0 Å². The molecule has 0 aliphatic carbocycles. The average Bonchev–Trinajstić information content (AvgIpc) is 2.77. The van der Waals surface area contributed by atoms with Gasteiger partial charge in [0.25, 0.3) is 0 Å². The quantitative estimate of drug-likeness (QED) is 0.685. The van der Waals surface area contributed by atoms with Crippen molar-refractivity contribution in [1.82, 2.24) is 10.2 Å². The summed E-state index contributed by atoms with van der Waals surface area (Å²) in [6.07, 6.45) is 4.19. The minimum absolute atomic E-state index is 0.0175. The van der Waals surface area contributed by atoms with E-state index in [1.807, 2.05) is 13.8 Å². The molecule has 4 nitrogen and oxygen atoms in total. The molecule has 0 aromatic carbocycles. The van der Waals surface area contributed by atoms with E-state index >= 15 is 0 Å². The molecule has 1 heterocycles. The number of carbonyl (C=O) groups is 1. The van der Waals surface area contributed by atoms with E-state index in [1.165, 1.54) is 12.8 Å². The molecule has 0 bridgehead atoms. The molecule has 0 saturated carbocycles. The van der Waals surface area contributed by atoms with E-state index in [-0.39, 0.29) is 17.9 Å². The van der Waals surface area contributed by atoms with Crippen LogP contribution in [0.15, 0.2) is 0 Å². The highest BCUT2D eigenvalue weighted by atomic mass is 32.1. The highest BCUT2D eigenvalue weighted by Crippen LogP contribution is 2.10. The first-order chi connectivity index (χ1) is 8.54. The Morgan fingerprint density at radius 3 is 2.56 bits per heavy atom. The van der Waals surface area contributed by atoms with Crippen LogP contribution in [-0.2, 0) is 4.79 Å². The number of nitrogens with one attached hydrogen (secondary N) is 1. The van der Waals surface area contributed by atoms with Crippen molar-refractivity contribution in [2.45, 2.75) is 45.6 Å². The first-order valence-electron chi connectivity index (χ1n) is 6.86. The van der Waals surface area contributed by atoms with Crippen molar-refractivity contribution in [2.24, 2.45) is 11.7 Å². The minimum atomic E-state index is -0.314. The standard InChI is InChI=1S/C13H25N3OS/c1-3-6-11(12(14)18)13(17)15-10(2)9-16-7-4-5-8-16/h10-11H,3-9H2,1-2H3,(H2,14,18)(H,15,17). The van der Waals surface area contributed by atoms with Crippen molar-refractivity contribution < 1.29 is 4.79 Å². The Morgan fingerprint density at radius 2 is 2.06 bits per heavy atom. The van der Waals surface area contributed by atoms with Gasteiger partial charge in [0, 0.05) is 12.6 Å². The first kappa shape index (κ1) is 15.4. The summed E-state index contributed by atoms with van der Waals surface area (Å²) in [4.78, 5) is 14.8. The summed E-state index contributed by atoms with van der Waals surface area (Å²) in [6, 6.07) is 0.157. The lowest BCUT2D eigenvalue weighted by Gasteiger charge is -2.23. The van der Waals surface area contributed by atoms with Crippen LogP contribution in [0.4, 0.5) is 0 Å². The molecule has 2 atom stereocenters. The lowest BCUT2D eigenvalue weighted by Crippen LogP contribution is -2.46. The second-order valence-electron chi connectivity index (χ2n) is 5.16. The third-order valence-corrected chi connectivity index (χ3v) is 3.64. The van der Waals surface area contributed by atoms with E-state index in [2.05, 4.69) is 10.2 Å². The van der Waals surface area contributed by atoms with Crippen LogP contribution < -0.4 is 11.1 Å². The van der Waals surface area contributed by atoms with Gasteiger partial charge in [0.1, 0.15) is 0 Å². The summed E-state index contributed by atoms with van der Waals surface area (Å²) < 4.78 is 0. The van der Waals surface area contributed by atoms with Gasteiger partial charge in [-0.2, -0.15) is 0 Å². The van der Waals surface area contributed by atoms with Gasteiger partial charge >= 0.3 is 0 Å². The fraction of sp³-hybridized carbons (Fsp3) is 0.846. The van der Waals surface area contributed by atoms with Crippen LogP contribution in [0.5, 0.6) is 0 Å². The highest BCUT2D eigenvalue weighted by molar-refractivity contribution is 7.80. The lowest BCUT2D eigenvalue weighted by molar-refractivity contribution is -0.123. The predicted molar refractivity (Wildman–Crippen MR) is 78.5 cm³/mol. The number of nitrogens with zero attached hydrogens (tertiary/aromatic N) is 1. The highest BCUT2D eigenvalue weighted by Gasteiger charge is 2.23. The molecule has 0 aromatic rings. The van der Waals surface area contributed by atoms with Crippen molar-refractivity contribution in [2.75, 3.05) is 19.6 Å². The molecule has 104 valence electrons. The molecule has 1 rings (SSSR count). The van der Waals surface area contributed by atoms with Crippen LogP contribution in [0, 0.1) is 5.92 Å². The molecule has 1 fully saturated rings. The van der Waals surface area contributed by atoms with Crippen molar-refractivity contribution in [3.63, 3.8) is 0 Å². The second-order valence-corrected chi connectivity index (χ2v) is 5.63. The Labute approximate surface area is 115 Å². The van der Waals surface area contributed by atoms with Gasteiger partial charge in [0.2, 0.25) is 5.91 Å². The van der Waals surface area contributed by atoms with Crippen molar-refractivity contribution >= 4 is 23.1 Å². The molecule has 0 spiro atoms. The van der Waals surface area contributed by atoms with E-state index in [9.17, 15) is 4.79 Å².